The van der Waals surface area contributed by atoms with Crippen molar-refractivity contribution >= 4 is 22.6 Å². The molecule has 0 saturated heterocycles. The molecule has 2 aromatic heterocycles. The monoisotopic (exact) mass is 396 g/mol. The molecular weight excluding hydrogens is 372 g/mol. The molecule has 0 unspecified atom stereocenters. The second-order valence-corrected chi connectivity index (χ2v) is 8.19. The van der Waals surface area contributed by atoms with Gasteiger partial charge in [0.15, 0.2) is 5.82 Å². The van der Waals surface area contributed by atoms with Gasteiger partial charge in [0.05, 0.1) is 18.3 Å². The van der Waals surface area contributed by atoms with Gasteiger partial charge in [-0.1, -0.05) is 42.0 Å². The summed E-state index contributed by atoms with van der Waals surface area (Å²) in [5.74, 6) is 1.16. The van der Waals surface area contributed by atoms with E-state index in [1.165, 1.54) is 11.1 Å². The highest BCUT2D eigenvalue weighted by Crippen LogP contribution is 2.44. The lowest BCUT2D eigenvalue weighted by molar-refractivity contribution is -0.115. The van der Waals surface area contributed by atoms with Gasteiger partial charge in [-0.2, -0.15) is 0 Å². The fraction of sp³-hybridized carbons (Fsp3) is 0.240. The summed E-state index contributed by atoms with van der Waals surface area (Å²) in [6.45, 7) is 2.12. The standard InChI is InChI=1S/C25H24N4O/c1-17-4-7-19(8-5-17)21-13-22(14-21)29-15-24(27-16-29)28-25(30)12-18-6-9-23-20(11-18)3-2-10-26-23/h2-11,15-16,21-22H,12-14H2,1H3,(H,28,30)/t21-,22+. The van der Waals surface area contributed by atoms with Gasteiger partial charge >= 0.3 is 0 Å². The number of amides is 1. The average molecular weight is 396 g/mol. The molecule has 30 heavy (non-hydrogen) atoms. The minimum Gasteiger partial charge on any atom is -0.332 e. The number of aromatic nitrogens is 3. The topological polar surface area (TPSA) is 59.8 Å². The predicted molar refractivity (Wildman–Crippen MR) is 118 cm³/mol. The van der Waals surface area contributed by atoms with Gasteiger partial charge in [0.25, 0.3) is 0 Å². The molecule has 1 N–H and O–H groups in total. The Morgan fingerprint density at radius 1 is 1.10 bits per heavy atom. The quantitative estimate of drug-likeness (QED) is 0.514. The van der Waals surface area contributed by atoms with E-state index in [2.05, 4.69) is 51.0 Å². The smallest absolute Gasteiger partial charge is 0.229 e. The molecule has 1 fully saturated rings. The summed E-state index contributed by atoms with van der Waals surface area (Å²) in [7, 11) is 0. The zero-order chi connectivity index (χ0) is 20.5. The maximum atomic E-state index is 12.5. The first kappa shape index (κ1) is 18.6. The normalized spacial score (nSPS) is 18.2. The van der Waals surface area contributed by atoms with Crippen molar-refractivity contribution in [1.82, 2.24) is 14.5 Å². The first-order valence-electron chi connectivity index (χ1n) is 10.4. The molecule has 0 spiro atoms. The fourth-order valence-electron chi connectivity index (χ4n) is 4.15. The Balaban J connectivity index is 1.17. The molecule has 1 aliphatic carbocycles. The Hall–Kier alpha value is -3.47. The van der Waals surface area contributed by atoms with Gasteiger partial charge < -0.3 is 9.88 Å². The van der Waals surface area contributed by atoms with Crippen LogP contribution in [0.1, 0.15) is 41.5 Å². The molecular formula is C25H24N4O. The number of aryl methyl sites for hydroxylation is 1. The van der Waals surface area contributed by atoms with Gasteiger partial charge in [0.2, 0.25) is 5.91 Å². The van der Waals surface area contributed by atoms with Crippen molar-refractivity contribution < 1.29 is 4.79 Å². The molecule has 0 bridgehead atoms. The summed E-state index contributed by atoms with van der Waals surface area (Å²) in [6, 6.07) is 19.1. The summed E-state index contributed by atoms with van der Waals surface area (Å²) in [4.78, 5) is 21.2. The lowest BCUT2D eigenvalue weighted by atomic mass is 9.75. The van der Waals surface area contributed by atoms with Crippen LogP contribution >= 0.6 is 0 Å². The molecule has 2 aromatic carbocycles. The summed E-state index contributed by atoms with van der Waals surface area (Å²) < 4.78 is 2.13. The van der Waals surface area contributed by atoms with Crippen LogP contribution in [0.3, 0.4) is 0 Å². The van der Waals surface area contributed by atoms with Crippen molar-refractivity contribution in [2.75, 3.05) is 5.32 Å². The zero-order valence-corrected chi connectivity index (χ0v) is 17.0. The van der Waals surface area contributed by atoms with E-state index in [9.17, 15) is 4.79 Å². The molecule has 5 rings (SSSR count). The number of hydrogen-bond donors (Lipinski definition) is 1. The predicted octanol–water partition coefficient (Wildman–Crippen LogP) is 5.04. The first-order valence-corrected chi connectivity index (χ1v) is 10.4. The number of imidazole rings is 1. The number of carbonyl (C=O) groups is 1. The number of carbonyl (C=O) groups excluding carboxylic acids is 1. The number of nitrogens with one attached hydrogen (secondary N) is 1. The summed E-state index contributed by atoms with van der Waals surface area (Å²) in [6.07, 6.45) is 8.08. The van der Waals surface area contributed by atoms with Crippen LogP contribution in [0.15, 0.2) is 73.3 Å². The highest BCUT2D eigenvalue weighted by atomic mass is 16.1. The van der Waals surface area contributed by atoms with Crippen LogP contribution in [0.25, 0.3) is 10.9 Å². The summed E-state index contributed by atoms with van der Waals surface area (Å²) in [5.41, 5.74) is 4.61. The number of hydrogen-bond acceptors (Lipinski definition) is 3. The van der Waals surface area contributed by atoms with E-state index in [-0.39, 0.29) is 5.91 Å². The molecule has 150 valence electrons. The van der Waals surface area contributed by atoms with E-state index < -0.39 is 0 Å². The van der Waals surface area contributed by atoms with Gasteiger partial charge in [-0.05, 0) is 55.0 Å². The van der Waals surface area contributed by atoms with Gasteiger partial charge in [-0.15, -0.1) is 0 Å². The van der Waals surface area contributed by atoms with Crippen LogP contribution in [0.5, 0.6) is 0 Å². The van der Waals surface area contributed by atoms with Gasteiger partial charge in [0.1, 0.15) is 0 Å². The molecule has 1 amide bonds. The third-order valence-corrected chi connectivity index (χ3v) is 5.98. The highest BCUT2D eigenvalue weighted by molar-refractivity contribution is 5.92. The van der Waals surface area contributed by atoms with Crippen molar-refractivity contribution in [3.63, 3.8) is 0 Å². The number of benzene rings is 2. The Kier molecular flexibility index (Phi) is 4.79. The largest absolute Gasteiger partial charge is 0.332 e. The number of anilines is 1. The molecule has 5 nitrogen and oxygen atoms in total. The van der Waals surface area contributed by atoms with E-state index in [4.69, 9.17) is 0 Å². The maximum absolute atomic E-state index is 12.5. The van der Waals surface area contributed by atoms with Crippen LogP contribution < -0.4 is 5.32 Å². The molecule has 0 aliphatic heterocycles. The van der Waals surface area contributed by atoms with Crippen molar-refractivity contribution in [3.8, 4) is 0 Å². The van der Waals surface area contributed by atoms with Gasteiger partial charge in [-0.25, -0.2) is 4.98 Å². The van der Waals surface area contributed by atoms with Crippen LogP contribution in [-0.2, 0) is 11.2 Å². The SMILES string of the molecule is Cc1ccc([C@H]2C[C@@H](n3cnc(NC(=O)Cc4ccc5ncccc5c4)c3)C2)cc1. The average Bonchev–Trinajstić information content (AvgIpc) is 3.16. The number of fused-ring (bicyclic) bond motifs is 1. The third-order valence-electron chi connectivity index (χ3n) is 5.98. The van der Waals surface area contributed by atoms with Gasteiger partial charge in [0, 0.05) is 23.8 Å². The van der Waals surface area contributed by atoms with Crippen LogP contribution in [0, 0.1) is 6.92 Å². The molecule has 1 saturated carbocycles. The lowest BCUT2D eigenvalue weighted by Gasteiger charge is -2.36. The second-order valence-electron chi connectivity index (χ2n) is 8.19. The Bertz CT molecular complexity index is 1190. The van der Waals surface area contributed by atoms with E-state index >= 15 is 0 Å². The van der Waals surface area contributed by atoms with Crippen molar-refractivity contribution in [3.05, 3.63) is 90.0 Å². The van der Waals surface area contributed by atoms with Gasteiger partial charge in [-0.3, -0.25) is 9.78 Å². The van der Waals surface area contributed by atoms with E-state index in [0.717, 1.165) is 29.3 Å². The molecule has 2 heterocycles. The molecule has 1 aliphatic rings. The highest BCUT2D eigenvalue weighted by Gasteiger charge is 2.31. The Labute approximate surface area is 175 Å². The Morgan fingerprint density at radius 3 is 2.77 bits per heavy atom. The summed E-state index contributed by atoms with van der Waals surface area (Å²) in [5, 5.41) is 3.97. The molecule has 4 aromatic rings. The maximum Gasteiger partial charge on any atom is 0.229 e. The zero-order valence-electron chi connectivity index (χ0n) is 17.0. The van der Waals surface area contributed by atoms with E-state index in [1.54, 1.807) is 6.20 Å². The minimum atomic E-state index is -0.0605. The fourth-order valence-corrected chi connectivity index (χ4v) is 4.15. The van der Waals surface area contributed by atoms with E-state index in [1.807, 2.05) is 42.9 Å². The van der Waals surface area contributed by atoms with Crippen LogP contribution in [0.2, 0.25) is 0 Å². The lowest BCUT2D eigenvalue weighted by Crippen LogP contribution is -2.24. The molecule has 0 radical (unpaired) electrons. The van der Waals surface area contributed by atoms with Crippen molar-refractivity contribution in [1.29, 1.82) is 0 Å². The van der Waals surface area contributed by atoms with Crippen LogP contribution in [-0.4, -0.2) is 20.4 Å². The summed E-state index contributed by atoms with van der Waals surface area (Å²) >= 11 is 0. The first-order chi connectivity index (χ1) is 14.6. The van der Waals surface area contributed by atoms with E-state index in [0.29, 0.717) is 24.2 Å². The third kappa shape index (κ3) is 3.83. The molecule has 0 atom stereocenters. The number of rotatable bonds is 5. The molecule has 5 heteroatoms. The second kappa shape index (κ2) is 7.75. The van der Waals surface area contributed by atoms with Crippen LogP contribution in [0.4, 0.5) is 5.82 Å². The number of pyridine rings is 1. The van der Waals surface area contributed by atoms with Crippen molar-refractivity contribution in [2.24, 2.45) is 0 Å². The minimum absolute atomic E-state index is 0.0605. The number of nitrogens with zero attached hydrogens (tertiary/aromatic N) is 3. The van der Waals surface area contributed by atoms with Crippen molar-refractivity contribution in [2.45, 2.75) is 38.1 Å². The Morgan fingerprint density at radius 2 is 1.93 bits per heavy atom.